The van der Waals surface area contributed by atoms with Crippen LogP contribution in [0.5, 0.6) is 0 Å². The van der Waals surface area contributed by atoms with Crippen LogP contribution in [0.1, 0.15) is 44.2 Å². The zero-order chi connectivity index (χ0) is 17.3. The van der Waals surface area contributed by atoms with Gasteiger partial charge in [-0.15, -0.1) is 0 Å². The van der Waals surface area contributed by atoms with E-state index in [1.165, 1.54) is 4.90 Å². The summed E-state index contributed by atoms with van der Waals surface area (Å²) < 4.78 is 33.3. The van der Waals surface area contributed by atoms with Gasteiger partial charge in [-0.2, -0.15) is 0 Å². The van der Waals surface area contributed by atoms with Crippen molar-refractivity contribution in [3.8, 4) is 0 Å². The summed E-state index contributed by atoms with van der Waals surface area (Å²) in [5.41, 5.74) is 0.138. The van der Waals surface area contributed by atoms with Crippen LogP contribution in [-0.2, 0) is 9.53 Å². The van der Waals surface area contributed by atoms with Gasteiger partial charge in [-0.25, -0.2) is 8.78 Å². The Hall–Kier alpha value is -1.53. The Morgan fingerprint density at radius 2 is 2.17 bits per heavy atom. The number of hydrogen-bond acceptors (Lipinski definition) is 3. The SMILES string of the molecule is CCC1CC(C(=O)N2CC(O)CC2c2cc(F)ccc2F)CCO1. The van der Waals surface area contributed by atoms with E-state index >= 15 is 0 Å². The molecule has 132 valence electrons. The number of halogens is 2. The monoisotopic (exact) mass is 339 g/mol. The van der Waals surface area contributed by atoms with Crippen molar-refractivity contribution in [3.63, 3.8) is 0 Å². The second kappa shape index (κ2) is 7.15. The number of ether oxygens (including phenoxy) is 1. The molecule has 1 aromatic rings. The van der Waals surface area contributed by atoms with Crippen LogP contribution in [0.25, 0.3) is 0 Å². The summed E-state index contributed by atoms with van der Waals surface area (Å²) in [4.78, 5) is 14.4. The lowest BCUT2D eigenvalue weighted by atomic mass is 9.92. The fraction of sp³-hybridized carbons (Fsp3) is 0.611. The molecule has 2 heterocycles. The minimum atomic E-state index is -0.719. The summed E-state index contributed by atoms with van der Waals surface area (Å²) in [5.74, 6) is -1.38. The third-order valence-corrected chi connectivity index (χ3v) is 5.05. The van der Waals surface area contributed by atoms with Gasteiger partial charge in [0.2, 0.25) is 5.91 Å². The normalized spacial score (nSPS) is 30.6. The zero-order valence-corrected chi connectivity index (χ0v) is 13.8. The minimum absolute atomic E-state index is 0.0598. The summed E-state index contributed by atoms with van der Waals surface area (Å²) in [6.07, 6.45) is 1.68. The van der Waals surface area contributed by atoms with Gasteiger partial charge in [0.15, 0.2) is 0 Å². The molecule has 4 atom stereocenters. The molecule has 1 N–H and O–H groups in total. The van der Waals surface area contributed by atoms with Gasteiger partial charge in [0.25, 0.3) is 0 Å². The third-order valence-electron chi connectivity index (χ3n) is 5.05. The first-order chi connectivity index (χ1) is 11.5. The molecule has 0 aliphatic carbocycles. The quantitative estimate of drug-likeness (QED) is 0.921. The molecule has 2 fully saturated rings. The van der Waals surface area contributed by atoms with E-state index < -0.39 is 23.8 Å². The Bertz CT molecular complexity index is 610. The number of nitrogens with zero attached hydrogens (tertiary/aromatic N) is 1. The molecule has 0 spiro atoms. The second-order valence-electron chi connectivity index (χ2n) is 6.68. The van der Waals surface area contributed by atoms with Crippen LogP contribution in [0, 0.1) is 17.6 Å². The fourth-order valence-electron chi connectivity index (χ4n) is 3.75. The van der Waals surface area contributed by atoms with Crippen molar-refractivity contribution in [1.29, 1.82) is 0 Å². The van der Waals surface area contributed by atoms with E-state index in [1.54, 1.807) is 0 Å². The van der Waals surface area contributed by atoms with Crippen LogP contribution in [0.3, 0.4) is 0 Å². The topological polar surface area (TPSA) is 49.8 Å². The number of carbonyl (C=O) groups excluding carboxylic acids is 1. The van der Waals surface area contributed by atoms with Crippen LogP contribution >= 0.6 is 0 Å². The average Bonchev–Trinajstić information content (AvgIpc) is 2.98. The Labute approximate surface area is 140 Å². The minimum Gasteiger partial charge on any atom is -0.391 e. The van der Waals surface area contributed by atoms with Crippen LogP contribution in [0.2, 0.25) is 0 Å². The lowest BCUT2D eigenvalue weighted by Crippen LogP contribution is -2.40. The summed E-state index contributed by atoms with van der Waals surface area (Å²) >= 11 is 0. The first-order valence-electron chi connectivity index (χ1n) is 8.54. The summed E-state index contributed by atoms with van der Waals surface area (Å²) in [6, 6.07) is 2.63. The molecule has 1 amide bonds. The van der Waals surface area contributed by atoms with Crippen LogP contribution in [0.4, 0.5) is 8.78 Å². The molecule has 6 heteroatoms. The molecule has 3 rings (SSSR count). The summed E-state index contributed by atoms with van der Waals surface area (Å²) in [7, 11) is 0. The molecule has 2 aliphatic heterocycles. The van der Waals surface area contributed by atoms with Crippen LogP contribution < -0.4 is 0 Å². The lowest BCUT2D eigenvalue weighted by Gasteiger charge is -2.33. The van der Waals surface area contributed by atoms with E-state index in [2.05, 4.69) is 0 Å². The molecule has 24 heavy (non-hydrogen) atoms. The number of β-amino-alcohol motifs (C(OH)–C–C–N with tert-alkyl or cyclic N) is 1. The van der Waals surface area contributed by atoms with Crippen LogP contribution in [-0.4, -0.2) is 41.3 Å². The van der Waals surface area contributed by atoms with E-state index in [0.29, 0.717) is 19.4 Å². The fourth-order valence-corrected chi connectivity index (χ4v) is 3.75. The first kappa shape index (κ1) is 17.3. The van der Waals surface area contributed by atoms with Gasteiger partial charge in [0, 0.05) is 24.6 Å². The van der Waals surface area contributed by atoms with Crippen molar-refractivity contribution in [3.05, 3.63) is 35.4 Å². The largest absolute Gasteiger partial charge is 0.391 e. The Kier molecular flexibility index (Phi) is 5.15. The van der Waals surface area contributed by atoms with Crippen molar-refractivity contribution in [2.45, 2.75) is 50.9 Å². The lowest BCUT2D eigenvalue weighted by molar-refractivity contribution is -0.142. The van der Waals surface area contributed by atoms with E-state index in [0.717, 1.165) is 24.6 Å². The number of likely N-dealkylation sites (tertiary alicyclic amines) is 1. The maximum atomic E-state index is 14.1. The molecule has 0 saturated carbocycles. The number of amides is 1. The molecule has 4 nitrogen and oxygen atoms in total. The molecule has 1 aromatic carbocycles. The van der Waals surface area contributed by atoms with Gasteiger partial charge in [-0.05, 0) is 43.9 Å². The van der Waals surface area contributed by atoms with Crippen molar-refractivity contribution >= 4 is 5.91 Å². The number of hydrogen-bond donors (Lipinski definition) is 1. The van der Waals surface area contributed by atoms with Crippen molar-refractivity contribution in [2.75, 3.05) is 13.2 Å². The summed E-state index contributed by atoms with van der Waals surface area (Å²) in [6.45, 7) is 2.71. The van der Waals surface area contributed by atoms with Crippen molar-refractivity contribution in [1.82, 2.24) is 4.90 Å². The average molecular weight is 339 g/mol. The Balaban J connectivity index is 1.82. The molecule has 0 aromatic heterocycles. The van der Waals surface area contributed by atoms with Gasteiger partial charge in [-0.1, -0.05) is 6.92 Å². The van der Waals surface area contributed by atoms with Gasteiger partial charge in [0.1, 0.15) is 11.6 Å². The number of aliphatic hydroxyl groups is 1. The Morgan fingerprint density at radius 1 is 1.38 bits per heavy atom. The van der Waals surface area contributed by atoms with E-state index in [1.807, 2.05) is 6.92 Å². The molecule has 0 radical (unpaired) electrons. The predicted octanol–water partition coefficient (Wildman–Crippen LogP) is 2.80. The van der Waals surface area contributed by atoms with E-state index in [4.69, 9.17) is 4.74 Å². The van der Waals surface area contributed by atoms with Gasteiger partial charge >= 0.3 is 0 Å². The molecular formula is C18H23F2NO3. The number of carbonyl (C=O) groups is 1. The molecule has 4 unspecified atom stereocenters. The van der Waals surface area contributed by atoms with E-state index in [-0.39, 0.29) is 36.5 Å². The highest BCUT2D eigenvalue weighted by atomic mass is 19.1. The molecule has 2 aliphatic rings. The number of aliphatic hydroxyl groups excluding tert-OH is 1. The van der Waals surface area contributed by atoms with Crippen molar-refractivity contribution in [2.24, 2.45) is 5.92 Å². The highest BCUT2D eigenvalue weighted by Gasteiger charge is 2.40. The predicted molar refractivity (Wildman–Crippen MR) is 84.2 cm³/mol. The van der Waals surface area contributed by atoms with Gasteiger partial charge < -0.3 is 14.7 Å². The van der Waals surface area contributed by atoms with Crippen molar-refractivity contribution < 1.29 is 23.4 Å². The Morgan fingerprint density at radius 3 is 2.92 bits per heavy atom. The zero-order valence-electron chi connectivity index (χ0n) is 13.8. The smallest absolute Gasteiger partial charge is 0.226 e. The molecule has 0 bridgehead atoms. The standard InChI is InChI=1S/C18H23F2NO3/c1-2-14-7-11(5-6-24-14)18(23)21-10-13(22)9-17(21)15-8-12(19)3-4-16(15)20/h3-4,8,11,13-14,17,22H,2,5-7,9-10H2,1H3. The van der Waals surface area contributed by atoms with Gasteiger partial charge in [0.05, 0.1) is 18.2 Å². The molecular weight excluding hydrogens is 316 g/mol. The number of rotatable bonds is 3. The number of benzene rings is 1. The maximum Gasteiger partial charge on any atom is 0.226 e. The summed E-state index contributed by atoms with van der Waals surface area (Å²) in [5, 5.41) is 10.0. The highest BCUT2D eigenvalue weighted by Crippen LogP contribution is 2.36. The first-order valence-corrected chi connectivity index (χ1v) is 8.54. The maximum absolute atomic E-state index is 14.1. The molecule has 2 saturated heterocycles. The van der Waals surface area contributed by atoms with E-state index in [9.17, 15) is 18.7 Å². The third kappa shape index (κ3) is 3.44. The van der Waals surface area contributed by atoms with Crippen LogP contribution in [0.15, 0.2) is 18.2 Å². The second-order valence-corrected chi connectivity index (χ2v) is 6.68. The van der Waals surface area contributed by atoms with Gasteiger partial charge in [-0.3, -0.25) is 4.79 Å². The highest BCUT2D eigenvalue weighted by molar-refractivity contribution is 5.80.